The topological polar surface area (TPSA) is 32.3 Å². The second kappa shape index (κ2) is 6.75. The minimum absolute atomic E-state index is 0.00718. The standard InChI is InChI=1S/C15H31NO/c1-5-13(4)16-15(11-17)8-6-7-14(10-15)9-12(2)3/h12-14,16-17H,5-11H2,1-4H3. The molecule has 1 aliphatic carbocycles. The number of hydrogen-bond donors (Lipinski definition) is 2. The molecular weight excluding hydrogens is 210 g/mol. The first-order chi connectivity index (χ1) is 8.01. The van der Waals surface area contributed by atoms with Crippen LogP contribution in [0.3, 0.4) is 0 Å². The Morgan fingerprint density at radius 2 is 2.06 bits per heavy atom. The molecule has 0 aliphatic heterocycles. The molecule has 0 amide bonds. The van der Waals surface area contributed by atoms with E-state index in [1.165, 1.54) is 19.3 Å². The molecule has 0 spiro atoms. The lowest BCUT2D eigenvalue weighted by molar-refractivity contribution is 0.0796. The van der Waals surface area contributed by atoms with E-state index in [1.807, 2.05) is 0 Å². The highest BCUT2D eigenvalue weighted by molar-refractivity contribution is 4.94. The minimum Gasteiger partial charge on any atom is -0.394 e. The third-order valence-electron chi connectivity index (χ3n) is 4.22. The van der Waals surface area contributed by atoms with Crippen LogP contribution in [-0.4, -0.2) is 23.3 Å². The summed E-state index contributed by atoms with van der Waals surface area (Å²) >= 11 is 0. The monoisotopic (exact) mass is 241 g/mol. The lowest BCUT2D eigenvalue weighted by Crippen LogP contribution is -2.54. The summed E-state index contributed by atoms with van der Waals surface area (Å²) in [5.41, 5.74) is 0.00718. The molecule has 2 N–H and O–H groups in total. The van der Waals surface area contributed by atoms with Crippen LogP contribution in [-0.2, 0) is 0 Å². The van der Waals surface area contributed by atoms with E-state index < -0.39 is 0 Å². The highest BCUT2D eigenvalue weighted by Crippen LogP contribution is 2.36. The SMILES string of the molecule is CCC(C)NC1(CO)CCCC(CC(C)C)C1. The van der Waals surface area contributed by atoms with Gasteiger partial charge in [0.15, 0.2) is 0 Å². The first kappa shape index (κ1) is 15.0. The third kappa shape index (κ3) is 4.59. The van der Waals surface area contributed by atoms with Crippen molar-refractivity contribution in [1.29, 1.82) is 0 Å². The Balaban J connectivity index is 2.58. The average molecular weight is 241 g/mol. The van der Waals surface area contributed by atoms with Crippen LogP contribution in [0, 0.1) is 11.8 Å². The third-order valence-corrected chi connectivity index (χ3v) is 4.22. The molecule has 3 atom stereocenters. The minimum atomic E-state index is 0.00718. The van der Waals surface area contributed by atoms with E-state index in [-0.39, 0.29) is 5.54 Å². The Hall–Kier alpha value is -0.0800. The van der Waals surface area contributed by atoms with Gasteiger partial charge < -0.3 is 10.4 Å². The van der Waals surface area contributed by atoms with Crippen molar-refractivity contribution in [3.63, 3.8) is 0 Å². The van der Waals surface area contributed by atoms with Crippen molar-refractivity contribution in [3.8, 4) is 0 Å². The largest absolute Gasteiger partial charge is 0.394 e. The van der Waals surface area contributed by atoms with Gasteiger partial charge in [0.05, 0.1) is 6.61 Å². The van der Waals surface area contributed by atoms with Crippen LogP contribution in [0.1, 0.15) is 66.2 Å². The van der Waals surface area contributed by atoms with E-state index in [2.05, 4.69) is 33.0 Å². The number of rotatable bonds is 6. The van der Waals surface area contributed by atoms with Crippen LogP contribution < -0.4 is 5.32 Å². The van der Waals surface area contributed by atoms with Gasteiger partial charge in [0, 0.05) is 11.6 Å². The van der Waals surface area contributed by atoms with Crippen molar-refractivity contribution in [2.24, 2.45) is 11.8 Å². The fourth-order valence-corrected chi connectivity index (χ4v) is 3.30. The molecule has 0 saturated heterocycles. The van der Waals surface area contributed by atoms with Crippen LogP contribution in [0.5, 0.6) is 0 Å². The normalized spacial score (nSPS) is 31.8. The van der Waals surface area contributed by atoms with Crippen LogP contribution in [0.15, 0.2) is 0 Å². The molecule has 0 radical (unpaired) electrons. The predicted octanol–water partition coefficient (Wildman–Crippen LogP) is 3.34. The molecular formula is C15H31NO. The Morgan fingerprint density at radius 1 is 1.35 bits per heavy atom. The summed E-state index contributed by atoms with van der Waals surface area (Å²) < 4.78 is 0. The molecule has 0 aromatic rings. The number of aliphatic hydroxyl groups excluding tert-OH is 1. The smallest absolute Gasteiger partial charge is 0.0613 e. The number of nitrogens with one attached hydrogen (secondary N) is 1. The van der Waals surface area contributed by atoms with Gasteiger partial charge in [0.2, 0.25) is 0 Å². The summed E-state index contributed by atoms with van der Waals surface area (Å²) in [7, 11) is 0. The van der Waals surface area contributed by atoms with Crippen molar-refractivity contribution in [2.45, 2.75) is 77.8 Å². The fraction of sp³-hybridized carbons (Fsp3) is 1.00. The molecule has 2 heteroatoms. The molecule has 0 bridgehead atoms. The lowest BCUT2D eigenvalue weighted by atomic mass is 9.73. The molecule has 17 heavy (non-hydrogen) atoms. The maximum absolute atomic E-state index is 9.78. The first-order valence-corrected chi connectivity index (χ1v) is 7.40. The molecule has 102 valence electrons. The molecule has 1 saturated carbocycles. The number of aliphatic hydroxyl groups is 1. The summed E-state index contributed by atoms with van der Waals surface area (Å²) in [6.07, 6.45) is 7.36. The van der Waals surface area contributed by atoms with Crippen molar-refractivity contribution in [3.05, 3.63) is 0 Å². The molecule has 0 heterocycles. The molecule has 0 aromatic heterocycles. The van der Waals surface area contributed by atoms with Crippen LogP contribution in [0.25, 0.3) is 0 Å². The molecule has 3 unspecified atom stereocenters. The van der Waals surface area contributed by atoms with Gasteiger partial charge >= 0.3 is 0 Å². The zero-order valence-electron chi connectivity index (χ0n) is 12.1. The van der Waals surface area contributed by atoms with Gasteiger partial charge in [-0.3, -0.25) is 0 Å². The van der Waals surface area contributed by atoms with E-state index in [4.69, 9.17) is 0 Å². The average Bonchev–Trinajstić information content (AvgIpc) is 2.28. The Morgan fingerprint density at radius 3 is 2.59 bits per heavy atom. The van der Waals surface area contributed by atoms with Gasteiger partial charge in [-0.25, -0.2) is 0 Å². The van der Waals surface area contributed by atoms with Crippen molar-refractivity contribution in [1.82, 2.24) is 5.32 Å². The van der Waals surface area contributed by atoms with Crippen molar-refractivity contribution in [2.75, 3.05) is 6.61 Å². The summed E-state index contributed by atoms with van der Waals surface area (Å²) in [6.45, 7) is 9.33. The number of hydrogen-bond acceptors (Lipinski definition) is 2. The Kier molecular flexibility index (Phi) is 5.94. The van der Waals surface area contributed by atoms with E-state index in [0.29, 0.717) is 12.6 Å². The molecule has 2 nitrogen and oxygen atoms in total. The lowest BCUT2D eigenvalue weighted by Gasteiger charge is -2.42. The molecule has 0 aromatic carbocycles. The molecule has 1 rings (SSSR count). The quantitative estimate of drug-likeness (QED) is 0.747. The van der Waals surface area contributed by atoms with E-state index >= 15 is 0 Å². The molecule has 1 aliphatic rings. The highest BCUT2D eigenvalue weighted by Gasteiger charge is 2.36. The zero-order chi connectivity index (χ0) is 12.9. The van der Waals surface area contributed by atoms with Gasteiger partial charge in [0.25, 0.3) is 0 Å². The maximum Gasteiger partial charge on any atom is 0.0613 e. The zero-order valence-corrected chi connectivity index (χ0v) is 12.1. The van der Waals surface area contributed by atoms with Gasteiger partial charge in [-0.2, -0.15) is 0 Å². The van der Waals surface area contributed by atoms with E-state index in [9.17, 15) is 5.11 Å². The van der Waals surface area contributed by atoms with Crippen LogP contribution >= 0.6 is 0 Å². The van der Waals surface area contributed by atoms with Crippen molar-refractivity contribution >= 4 is 0 Å². The highest BCUT2D eigenvalue weighted by atomic mass is 16.3. The van der Waals surface area contributed by atoms with Gasteiger partial charge in [-0.15, -0.1) is 0 Å². The van der Waals surface area contributed by atoms with E-state index in [1.54, 1.807) is 0 Å². The van der Waals surface area contributed by atoms with E-state index in [0.717, 1.165) is 31.1 Å². The van der Waals surface area contributed by atoms with Crippen LogP contribution in [0.4, 0.5) is 0 Å². The predicted molar refractivity (Wildman–Crippen MR) is 74.1 cm³/mol. The van der Waals surface area contributed by atoms with Crippen LogP contribution in [0.2, 0.25) is 0 Å². The summed E-state index contributed by atoms with van der Waals surface area (Å²) in [5, 5.41) is 13.5. The second-order valence-electron chi connectivity index (χ2n) is 6.48. The van der Waals surface area contributed by atoms with Gasteiger partial charge in [-0.1, -0.05) is 33.6 Å². The summed E-state index contributed by atoms with van der Waals surface area (Å²) in [6, 6.07) is 0.514. The molecule has 1 fully saturated rings. The van der Waals surface area contributed by atoms with Gasteiger partial charge in [0.1, 0.15) is 0 Å². The first-order valence-electron chi connectivity index (χ1n) is 7.40. The summed E-state index contributed by atoms with van der Waals surface area (Å²) in [4.78, 5) is 0. The van der Waals surface area contributed by atoms with Crippen molar-refractivity contribution < 1.29 is 5.11 Å². The maximum atomic E-state index is 9.78. The fourth-order valence-electron chi connectivity index (χ4n) is 3.30. The Labute approximate surface area is 107 Å². The van der Waals surface area contributed by atoms with Gasteiger partial charge in [-0.05, 0) is 44.4 Å². The summed E-state index contributed by atoms with van der Waals surface area (Å²) in [5.74, 6) is 1.57. The second-order valence-corrected chi connectivity index (χ2v) is 6.48. The Bertz CT molecular complexity index is 217.